The summed E-state index contributed by atoms with van der Waals surface area (Å²) in [6.07, 6.45) is 0. The van der Waals surface area contributed by atoms with Gasteiger partial charge in [-0.15, -0.1) is 0 Å². The van der Waals surface area contributed by atoms with Gasteiger partial charge in [-0.2, -0.15) is 16.4 Å². The maximum absolute atomic E-state index is 4.23. The number of aromatic amines is 1. The lowest BCUT2D eigenvalue weighted by atomic mass is 10.1. The minimum absolute atomic E-state index is 0.416. The third-order valence-electron chi connectivity index (χ3n) is 3.47. The summed E-state index contributed by atoms with van der Waals surface area (Å²) in [7, 11) is 4.25. The summed E-state index contributed by atoms with van der Waals surface area (Å²) in [6.45, 7) is 5.92. The molecule has 0 amide bonds. The Hall–Kier alpha value is -1.17. The Kier molecular flexibility index (Phi) is 4.74. The molecule has 0 saturated carbocycles. The van der Waals surface area contributed by atoms with E-state index in [2.05, 4.69) is 58.3 Å². The predicted molar refractivity (Wildman–Crippen MR) is 80.5 cm³/mol. The summed E-state index contributed by atoms with van der Waals surface area (Å²) in [5, 5.41) is 15.2. The standard InChI is InChI=1S/C14H22N4S/c1-10-13(11(2)17-16-10)7-15-8-14(18(3)4)12-5-6-19-9-12/h5-6,9,14-15H,7-8H2,1-4H3,(H,16,17)/t14-/m0/s1. The highest BCUT2D eigenvalue weighted by atomic mass is 32.1. The zero-order valence-corrected chi connectivity index (χ0v) is 12.8. The largest absolute Gasteiger partial charge is 0.311 e. The Balaban J connectivity index is 1.94. The number of hydrogen-bond acceptors (Lipinski definition) is 4. The van der Waals surface area contributed by atoms with Gasteiger partial charge >= 0.3 is 0 Å². The lowest BCUT2D eigenvalue weighted by Gasteiger charge is -2.24. The highest BCUT2D eigenvalue weighted by molar-refractivity contribution is 7.07. The maximum atomic E-state index is 4.23. The number of likely N-dealkylation sites (N-methyl/N-ethyl adjacent to an activating group) is 1. The zero-order valence-electron chi connectivity index (χ0n) is 12.0. The number of aryl methyl sites for hydroxylation is 2. The van der Waals surface area contributed by atoms with Gasteiger partial charge < -0.3 is 10.2 Å². The summed E-state index contributed by atoms with van der Waals surface area (Å²) in [4.78, 5) is 2.25. The molecular weight excluding hydrogens is 256 g/mol. The van der Waals surface area contributed by atoms with E-state index in [1.54, 1.807) is 11.3 Å². The van der Waals surface area contributed by atoms with Gasteiger partial charge in [0.25, 0.3) is 0 Å². The molecule has 2 aromatic heterocycles. The average molecular weight is 278 g/mol. The molecule has 0 radical (unpaired) electrons. The summed E-state index contributed by atoms with van der Waals surface area (Å²) in [5.74, 6) is 0. The molecule has 0 aromatic carbocycles. The number of nitrogens with one attached hydrogen (secondary N) is 2. The number of aromatic nitrogens is 2. The minimum Gasteiger partial charge on any atom is -0.311 e. The van der Waals surface area contributed by atoms with Gasteiger partial charge in [0.2, 0.25) is 0 Å². The van der Waals surface area contributed by atoms with Crippen LogP contribution in [0.1, 0.15) is 28.6 Å². The van der Waals surface area contributed by atoms with Crippen molar-refractivity contribution in [1.82, 2.24) is 20.4 Å². The van der Waals surface area contributed by atoms with Gasteiger partial charge in [0.1, 0.15) is 0 Å². The molecule has 0 aliphatic rings. The Labute approximate surface area is 118 Å². The molecule has 0 unspecified atom stereocenters. The molecule has 2 aromatic rings. The normalized spacial score (nSPS) is 13.1. The first-order valence-corrected chi connectivity index (χ1v) is 7.43. The molecule has 2 heterocycles. The van der Waals surface area contributed by atoms with E-state index < -0.39 is 0 Å². The first kappa shape index (κ1) is 14.2. The van der Waals surface area contributed by atoms with E-state index in [9.17, 15) is 0 Å². The quantitative estimate of drug-likeness (QED) is 0.853. The summed E-state index contributed by atoms with van der Waals surface area (Å²) in [6, 6.07) is 2.62. The van der Waals surface area contributed by atoms with Gasteiger partial charge in [0.15, 0.2) is 0 Å². The predicted octanol–water partition coefficient (Wildman–Crippen LogP) is 2.48. The minimum atomic E-state index is 0.416. The molecular formula is C14H22N4S. The number of H-pyrrole nitrogens is 1. The first-order chi connectivity index (χ1) is 9.09. The van der Waals surface area contributed by atoms with Crippen molar-refractivity contribution in [1.29, 1.82) is 0 Å². The van der Waals surface area contributed by atoms with Crippen molar-refractivity contribution >= 4 is 11.3 Å². The summed E-state index contributed by atoms with van der Waals surface area (Å²) >= 11 is 1.75. The van der Waals surface area contributed by atoms with E-state index in [0.29, 0.717) is 6.04 Å². The first-order valence-electron chi connectivity index (χ1n) is 6.49. The van der Waals surface area contributed by atoms with E-state index in [4.69, 9.17) is 0 Å². The monoisotopic (exact) mass is 278 g/mol. The lowest BCUT2D eigenvalue weighted by molar-refractivity contribution is 0.289. The Bertz CT molecular complexity index is 482. The molecule has 4 nitrogen and oxygen atoms in total. The third-order valence-corrected chi connectivity index (χ3v) is 4.17. The summed E-state index contributed by atoms with van der Waals surface area (Å²) in [5.41, 5.74) is 4.90. The van der Waals surface area contributed by atoms with E-state index in [1.165, 1.54) is 11.1 Å². The molecule has 2 N–H and O–H groups in total. The Morgan fingerprint density at radius 3 is 2.74 bits per heavy atom. The molecule has 104 valence electrons. The van der Waals surface area contributed by atoms with Gasteiger partial charge in [0, 0.05) is 30.4 Å². The van der Waals surface area contributed by atoms with E-state index in [0.717, 1.165) is 24.5 Å². The molecule has 0 spiro atoms. The lowest BCUT2D eigenvalue weighted by Crippen LogP contribution is -2.30. The molecule has 0 aliphatic heterocycles. The van der Waals surface area contributed by atoms with Crippen LogP contribution in [0.3, 0.4) is 0 Å². The highest BCUT2D eigenvalue weighted by Gasteiger charge is 2.14. The number of hydrogen-bond donors (Lipinski definition) is 2. The molecule has 0 bridgehead atoms. The average Bonchev–Trinajstić information content (AvgIpc) is 2.97. The van der Waals surface area contributed by atoms with Crippen molar-refractivity contribution in [2.24, 2.45) is 0 Å². The Morgan fingerprint density at radius 2 is 2.21 bits per heavy atom. The van der Waals surface area contributed by atoms with Crippen LogP contribution in [0.25, 0.3) is 0 Å². The van der Waals surface area contributed by atoms with Gasteiger partial charge in [-0.05, 0) is 50.3 Å². The fraction of sp³-hybridized carbons (Fsp3) is 0.500. The van der Waals surface area contributed by atoms with Crippen molar-refractivity contribution in [2.45, 2.75) is 26.4 Å². The molecule has 0 aliphatic carbocycles. The van der Waals surface area contributed by atoms with Crippen LogP contribution in [-0.2, 0) is 6.54 Å². The number of rotatable bonds is 6. The van der Waals surface area contributed by atoms with E-state index in [1.807, 2.05) is 6.92 Å². The molecule has 2 rings (SSSR count). The Morgan fingerprint density at radius 1 is 1.42 bits per heavy atom. The maximum Gasteiger partial charge on any atom is 0.0638 e. The summed E-state index contributed by atoms with van der Waals surface area (Å²) < 4.78 is 0. The van der Waals surface area contributed by atoms with Crippen LogP contribution < -0.4 is 5.32 Å². The molecule has 0 fully saturated rings. The third kappa shape index (κ3) is 3.43. The van der Waals surface area contributed by atoms with Crippen LogP contribution in [0.15, 0.2) is 16.8 Å². The van der Waals surface area contributed by atoms with Crippen LogP contribution in [0.5, 0.6) is 0 Å². The van der Waals surface area contributed by atoms with Gasteiger partial charge in [-0.25, -0.2) is 0 Å². The molecule has 19 heavy (non-hydrogen) atoms. The van der Waals surface area contributed by atoms with Crippen molar-refractivity contribution in [2.75, 3.05) is 20.6 Å². The number of thiophene rings is 1. The van der Waals surface area contributed by atoms with Crippen molar-refractivity contribution in [3.05, 3.63) is 39.3 Å². The number of nitrogens with zero attached hydrogens (tertiary/aromatic N) is 2. The molecule has 5 heteroatoms. The van der Waals surface area contributed by atoms with Crippen LogP contribution in [0.4, 0.5) is 0 Å². The fourth-order valence-corrected chi connectivity index (χ4v) is 2.94. The van der Waals surface area contributed by atoms with Gasteiger partial charge in [0.05, 0.1) is 5.69 Å². The van der Waals surface area contributed by atoms with Crippen LogP contribution in [0.2, 0.25) is 0 Å². The smallest absolute Gasteiger partial charge is 0.0638 e. The molecule has 1 atom stereocenters. The van der Waals surface area contributed by atoms with E-state index in [-0.39, 0.29) is 0 Å². The second kappa shape index (κ2) is 6.32. The van der Waals surface area contributed by atoms with Crippen molar-refractivity contribution in [3.63, 3.8) is 0 Å². The van der Waals surface area contributed by atoms with Crippen LogP contribution in [-0.4, -0.2) is 35.7 Å². The van der Waals surface area contributed by atoms with Gasteiger partial charge in [-0.1, -0.05) is 0 Å². The SMILES string of the molecule is Cc1n[nH]c(C)c1CNC[C@@H](c1ccsc1)N(C)C. The second-order valence-corrected chi connectivity index (χ2v) is 5.86. The zero-order chi connectivity index (χ0) is 13.8. The van der Waals surface area contributed by atoms with Crippen LogP contribution in [0, 0.1) is 13.8 Å². The van der Waals surface area contributed by atoms with Gasteiger partial charge in [-0.3, -0.25) is 5.10 Å². The molecule has 0 saturated heterocycles. The highest BCUT2D eigenvalue weighted by Crippen LogP contribution is 2.20. The van der Waals surface area contributed by atoms with Crippen LogP contribution >= 0.6 is 11.3 Å². The second-order valence-electron chi connectivity index (χ2n) is 5.08. The van der Waals surface area contributed by atoms with E-state index >= 15 is 0 Å². The topological polar surface area (TPSA) is 44.0 Å². The fourth-order valence-electron chi connectivity index (χ4n) is 2.23. The van der Waals surface area contributed by atoms with Crippen molar-refractivity contribution < 1.29 is 0 Å². The van der Waals surface area contributed by atoms with Crippen molar-refractivity contribution in [3.8, 4) is 0 Å².